The van der Waals surface area contributed by atoms with Crippen LogP contribution in [0.25, 0.3) is 0 Å². The van der Waals surface area contributed by atoms with Crippen LogP contribution < -0.4 is 15.2 Å². The maximum Gasteiger partial charge on any atom is 0.257 e. The second-order valence-corrected chi connectivity index (χ2v) is 7.60. The Hall–Kier alpha value is -0.830. The van der Waals surface area contributed by atoms with Crippen molar-refractivity contribution in [1.29, 1.82) is 0 Å². The fourth-order valence-corrected chi connectivity index (χ4v) is 3.18. The van der Waals surface area contributed by atoms with E-state index in [-0.39, 0.29) is 28.2 Å². The molecule has 1 aromatic carbocycles. The molecule has 9 heteroatoms. The zero-order valence-electron chi connectivity index (χ0n) is 11.5. The monoisotopic (exact) mass is 398 g/mol. The Labute approximate surface area is 137 Å². The van der Waals surface area contributed by atoms with Crippen molar-refractivity contribution in [3.8, 4) is 5.75 Å². The van der Waals surface area contributed by atoms with Gasteiger partial charge in [-0.1, -0.05) is 41.4 Å². The molecule has 6 nitrogen and oxygen atoms in total. The number of nitrogens with two attached hydrogens (primary N) is 1. The molecule has 1 amide bonds. The lowest BCUT2D eigenvalue weighted by atomic mass is 10.2. The minimum absolute atomic E-state index is 0.0464. The van der Waals surface area contributed by atoms with Crippen molar-refractivity contribution in [2.45, 2.75) is 18.7 Å². The van der Waals surface area contributed by atoms with Crippen LogP contribution in [0.15, 0.2) is 21.5 Å². The smallest absolute Gasteiger partial charge is 0.257 e. The molecule has 0 heterocycles. The Bertz CT molecular complexity index is 634. The number of benzene rings is 1. The van der Waals surface area contributed by atoms with Gasteiger partial charge in [-0.05, 0) is 18.1 Å². The average Bonchev–Trinajstić information content (AvgIpc) is 2.33. The van der Waals surface area contributed by atoms with Crippen LogP contribution in [0.1, 0.15) is 13.8 Å². The summed E-state index contributed by atoms with van der Waals surface area (Å²) in [4.78, 5) is 11.3. The fraction of sp³-hybridized carbons (Fsp3) is 0.417. The summed E-state index contributed by atoms with van der Waals surface area (Å²) in [6.45, 7) is 4.05. The van der Waals surface area contributed by atoms with Crippen LogP contribution in [0.3, 0.4) is 0 Å². The molecule has 0 aliphatic carbocycles. The number of sulfonamides is 1. The van der Waals surface area contributed by atoms with E-state index in [1.165, 1.54) is 12.1 Å². The lowest BCUT2D eigenvalue weighted by molar-refractivity contribution is -0.123. The number of ether oxygens (including phenoxy) is 1. The van der Waals surface area contributed by atoms with E-state index in [0.717, 1.165) is 0 Å². The number of amides is 1. The van der Waals surface area contributed by atoms with Gasteiger partial charge in [-0.25, -0.2) is 13.6 Å². The van der Waals surface area contributed by atoms with E-state index in [1.54, 1.807) is 0 Å². The molecule has 1 aromatic rings. The van der Waals surface area contributed by atoms with Crippen molar-refractivity contribution in [2.75, 3.05) is 13.2 Å². The number of carbonyl (C=O) groups excluding carboxylic acids is 1. The number of hydrogen-bond donors (Lipinski definition) is 2. The molecule has 118 valence electrons. The van der Waals surface area contributed by atoms with E-state index in [1.807, 2.05) is 13.8 Å². The van der Waals surface area contributed by atoms with E-state index in [2.05, 4.69) is 21.2 Å². The Morgan fingerprint density at radius 2 is 2.10 bits per heavy atom. The van der Waals surface area contributed by atoms with Gasteiger partial charge in [0.2, 0.25) is 10.0 Å². The molecule has 0 aliphatic heterocycles. The average molecular weight is 400 g/mol. The number of carbonyl (C=O) groups is 1. The van der Waals surface area contributed by atoms with E-state index < -0.39 is 10.0 Å². The minimum Gasteiger partial charge on any atom is -0.481 e. The Morgan fingerprint density at radius 1 is 1.48 bits per heavy atom. The van der Waals surface area contributed by atoms with Gasteiger partial charge in [-0.15, -0.1) is 0 Å². The van der Waals surface area contributed by atoms with Gasteiger partial charge < -0.3 is 10.1 Å². The van der Waals surface area contributed by atoms with E-state index >= 15 is 0 Å². The normalized spacial score (nSPS) is 11.5. The second-order valence-electron chi connectivity index (χ2n) is 4.75. The van der Waals surface area contributed by atoms with Crippen molar-refractivity contribution in [3.63, 3.8) is 0 Å². The molecule has 21 heavy (non-hydrogen) atoms. The van der Waals surface area contributed by atoms with Gasteiger partial charge in [0.25, 0.3) is 5.91 Å². The van der Waals surface area contributed by atoms with Gasteiger partial charge in [0, 0.05) is 11.0 Å². The molecule has 0 spiro atoms. The summed E-state index contributed by atoms with van der Waals surface area (Å²) in [5, 5.41) is 7.80. The Balaban J connectivity index is 2.91. The third-order valence-corrected chi connectivity index (χ3v) is 3.99. The van der Waals surface area contributed by atoms with Gasteiger partial charge in [-0.2, -0.15) is 0 Å². The molecule has 0 unspecified atom stereocenters. The van der Waals surface area contributed by atoms with Crippen LogP contribution in [0.5, 0.6) is 5.75 Å². The number of nitrogens with one attached hydrogen (secondary N) is 1. The summed E-state index contributed by atoms with van der Waals surface area (Å²) in [6, 6.07) is 2.72. The molecule has 0 bridgehead atoms. The third-order valence-electron chi connectivity index (χ3n) is 2.34. The highest BCUT2D eigenvalue weighted by atomic mass is 79.9. The van der Waals surface area contributed by atoms with Gasteiger partial charge in [-0.3, -0.25) is 4.79 Å². The zero-order valence-corrected chi connectivity index (χ0v) is 14.7. The molecule has 0 radical (unpaired) electrons. The lowest BCUT2D eigenvalue weighted by Crippen LogP contribution is -2.32. The second kappa shape index (κ2) is 7.44. The standard InChI is InChI=1S/C12H16BrClN2O4S/c1-7(2)5-16-11(17)6-20-12-9(14)3-8(13)4-10(12)21(15,18)19/h3-4,7H,5-6H2,1-2H3,(H,16,17)(H2,15,18,19). The Morgan fingerprint density at radius 3 is 2.62 bits per heavy atom. The van der Waals surface area contributed by atoms with Crippen molar-refractivity contribution < 1.29 is 17.9 Å². The van der Waals surface area contributed by atoms with Gasteiger partial charge in [0.05, 0.1) is 5.02 Å². The highest BCUT2D eigenvalue weighted by Gasteiger charge is 2.20. The first-order chi connectivity index (χ1) is 9.61. The SMILES string of the molecule is CC(C)CNC(=O)COc1c(Cl)cc(Br)cc1S(N)(=O)=O. The molecular weight excluding hydrogens is 384 g/mol. The molecule has 0 atom stereocenters. The summed E-state index contributed by atoms with van der Waals surface area (Å²) >= 11 is 9.07. The summed E-state index contributed by atoms with van der Waals surface area (Å²) in [6.07, 6.45) is 0. The molecule has 0 saturated heterocycles. The molecule has 3 N–H and O–H groups in total. The predicted octanol–water partition coefficient (Wildman–Crippen LogP) is 1.90. The summed E-state index contributed by atoms with van der Waals surface area (Å²) in [5.74, 6) is -0.213. The van der Waals surface area contributed by atoms with Crippen molar-refractivity contribution >= 4 is 43.5 Å². The van der Waals surface area contributed by atoms with E-state index in [0.29, 0.717) is 16.9 Å². The van der Waals surface area contributed by atoms with E-state index in [9.17, 15) is 13.2 Å². The van der Waals surface area contributed by atoms with Crippen LogP contribution in [-0.2, 0) is 14.8 Å². The van der Waals surface area contributed by atoms with Gasteiger partial charge >= 0.3 is 0 Å². The highest BCUT2D eigenvalue weighted by molar-refractivity contribution is 9.10. The van der Waals surface area contributed by atoms with Crippen LogP contribution in [0.4, 0.5) is 0 Å². The van der Waals surface area contributed by atoms with Crippen LogP contribution in [0.2, 0.25) is 5.02 Å². The van der Waals surface area contributed by atoms with Crippen LogP contribution in [0, 0.1) is 5.92 Å². The lowest BCUT2D eigenvalue weighted by Gasteiger charge is -2.13. The number of rotatable bonds is 6. The third kappa shape index (κ3) is 5.82. The molecule has 0 aliphatic rings. The molecule has 0 fully saturated rings. The fourth-order valence-electron chi connectivity index (χ4n) is 1.39. The van der Waals surface area contributed by atoms with Crippen molar-refractivity contribution in [3.05, 3.63) is 21.6 Å². The van der Waals surface area contributed by atoms with Gasteiger partial charge in [0.15, 0.2) is 12.4 Å². The molecule has 0 aromatic heterocycles. The van der Waals surface area contributed by atoms with E-state index in [4.69, 9.17) is 21.5 Å². The zero-order chi connectivity index (χ0) is 16.2. The summed E-state index contributed by atoms with van der Waals surface area (Å²) in [7, 11) is -4.02. The summed E-state index contributed by atoms with van der Waals surface area (Å²) < 4.78 is 28.7. The quantitative estimate of drug-likeness (QED) is 0.763. The maximum atomic E-state index is 11.6. The van der Waals surface area contributed by atoms with Gasteiger partial charge in [0.1, 0.15) is 4.90 Å². The van der Waals surface area contributed by atoms with Crippen molar-refractivity contribution in [1.82, 2.24) is 5.32 Å². The number of halogens is 2. The van der Waals surface area contributed by atoms with Crippen molar-refractivity contribution in [2.24, 2.45) is 11.1 Å². The highest BCUT2D eigenvalue weighted by Crippen LogP contribution is 2.34. The first-order valence-electron chi connectivity index (χ1n) is 6.02. The van der Waals surface area contributed by atoms with Crippen LogP contribution >= 0.6 is 27.5 Å². The summed E-state index contributed by atoms with van der Waals surface area (Å²) in [5.41, 5.74) is 0. The molecular formula is C12H16BrClN2O4S. The number of primary sulfonamides is 1. The molecule has 1 rings (SSSR count). The predicted molar refractivity (Wildman–Crippen MR) is 83.9 cm³/mol. The largest absolute Gasteiger partial charge is 0.481 e. The first kappa shape index (κ1) is 18.2. The first-order valence-corrected chi connectivity index (χ1v) is 8.74. The Kier molecular flexibility index (Phi) is 6.45. The van der Waals surface area contributed by atoms with Crippen LogP contribution in [-0.4, -0.2) is 27.5 Å². The maximum absolute atomic E-state index is 11.6. The minimum atomic E-state index is -4.02. The number of hydrogen-bond acceptors (Lipinski definition) is 4. The molecule has 0 saturated carbocycles. The topological polar surface area (TPSA) is 98.5 Å².